The van der Waals surface area contributed by atoms with Gasteiger partial charge in [0.1, 0.15) is 11.6 Å². The van der Waals surface area contributed by atoms with Gasteiger partial charge in [0, 0.05) is 47.8 Å². The normalized spacial score (nSPS) is 14.0. The number of fused-ring (bicyclic) bond motifs is 2. The summed E-state index contributed by atoms with van der Waals surface area (Å²) in [6, 6.07) is 42.9. The second-order valence-electron chi connectivity index (χ2n) is 15.1. The molecular weight excluding hydrogens is 846 g/mol. The Labute approximate surface area is 334 Å². The van der Waals surface area contributed by atoms with Crippen LogP contribution in [0.3, 0.4) is 0 Å². The molecule has 2 aromatic heterocycles. The average molecular weight is 889 g/mol. The zero-order valence-electron chi connectivity index (χ0n) is 31.2. The summed E-state index contributed by atoms with van der Waals surface area (Å²) in [6.07, 6.45) is 7.52. The molecule has 0 aliphatic carbocycles. The van der Waals surface area contributed by atoms with Gasteiger partial charge in [0.05, 0.1) is 12.3 Å². The third-order valence-electron chi connectivity index (χ3n) is 11.1. The Morgan fingerprint density at radius 2 is 1.17 bits per heavy atom. The molecule has 0 bridgehead atoms. The van der Waals surface area contributed by atoms with Crippen LogP contribution in [-0.4, -0.2) is 23.1 Å². The zero-order chi connectivity index (χ0) is 36.6. The van der Waals surface area contributed by atoms with E-state index in [4.69, 9.17) is 21.3 Å². The summed E-state index contributed by atoms with van der Waals surface area (Å²) < 4.78 is 6.54. The van der Waals surface area contributed by atoms with E-state index >= 15 is 0 Å². The van der Waals surface area contributed by atoms with Crippen molar-refractivity contribution in [3.05, 3.63) is 172 Å². The quantitative estimate of drug-likeness (QED) is 0.143. The zero-order valence-corrected chi connectivity index (χ0v) is 33.4. The van der Waals surface area contributed by atoms with E-state index in [1.54, 1.807) is 0 Å². The molecule has 0 saturated carbocycles. The molecule has 2 aliphatic heterocycles. The Morgan fingerprint density at radius 3 is 1.74 bits per heavy atom. The van der Waals surface area contributed by atoms with Crippen molar-refractivity contribution in [1.29, 1.82) is 0 Å². The van der Waals surface area contributed by atoms with Gasteiger partial charge in [-0.3, -0.25) is 4.85 Å². The molecule has 272 valence electrons. The minimum absolute atomic E-state index is 0. The van der Waals surface area contributed by atoms with Crippen LogP contribution in [0.2, 0.25) is 0 Å². The molecule has 0 N–H and O–H groups in total. The summed E-state index contributed by atoms with van der Waals surface area (Å²) in [5.74, 6) is 2.82. The second kappa shape index (κ2) is 15.2. The number of nitrogens with zero attached hydrogens (tertiary/aromatic N) is 5. The Bertz CT molecular complexity index is 2320. The molecule has 0 atom stereocenters. The maximum absolute atomic E-state index is 8.10. The van der Waals surface area contributed by atoms with E-state index < -0.39 is 0 Å². The van der Waals surface area contributed by atoms with Crippen molar-refractivity contribution in [1.82, 2.24) is 9.97 Å². The van der Waals surface area contributed by atoms with Crippen LogP contribution in [0.1, 0.15) is 73.9 Å². The number of hydrogen-bond acceptors (Lipinski definition) is 5. The molecule has 54 heavy (non-hydrogen) atoms. The van der Waals surface area contributed by atoms with Gasteiger partial charge < -0.3 is 14.5 Å². The minimum atomic E-state index is -0.209. The number of pyridine rings is 2. The minimum Gasteiger partial charge on any atom is -0.510 e. The molecule has 0 amide bonds. The molecule has 0 saturated heterocycles. The van der Waals surface area contributed by atoms with Crippen molar-refractivity contribution in [3.8, 4) is 11.5 Å². The van der Waals surface area contributed by atoms with E-state index in [9.17, 15) is 0 Å². The summed E-state index contributed by atoms with van der Waals surface area (Å²) in [5, 5.41) is 0. The van der Waals surface area contributed by atoms with Gasteiger partial charge in [-0.2, -0.15) is 6.07 Å². The third kappa shape index (κ3) is 7.06. The number of hydrogen-bond donors (Lipinski definition) is 0. The first-order valence-electron chi connectivity index (χ1n) is 18.5. The van der Waals surface area contributed by atoms with Crippen LogP contribution in [0.15, 0.2) is 116 Å². The first kappa shape index (κ1) is 37.1. The predicted molar refractivity (Wildman–Crippen MR) is 213 cm³/mol. The summed E-state index contributed by atoms with van der Waals surface area (Å²) >= 11 is 0. The van der Waals surface area contributed by atoms with Crippen LogP contribution in [0.5, 0.6) is 11.5 Å². The smallest absolute Gasteiger partial charge is 0.510 e. The van der Waals surface area contributed by atoms with Crippen LogP contribution in [0.4, 0.5) is 28.7 Å². The van der Waals surface area contributed by atoms with E-state index in [-0.39, 0.29) is 31.9 Å². The van der Waals surface area contributed by atoms with Gasteiger partial charge in [0.2, 0.25) is 0 Å². The van der Waals surface area contributed by atoms with Crippen LogP contribution < -0.4 is 14.5 Å². The summed E-state index contributed by atoms with van der Waals surface area (Å²) in [4.78, 5) is 18.1. The van der Waals surface area contributed by atoms with Crippen molar-refractivity contribution >= 4 is 28.7 Å². The number of aryl methyl sites for hydroxylation is 1. The van der Waals surface area contributed by atoms with Crippen molar-refractivity contribution in [3.63, 3.8) is 0 Å². The Hall–Kier alpha value is -5.24. The first-order chi connectivity index (χ1) is 25.7. The molecule has 0 unspecified atom stereocenters. The fourth-order valence-electron chi connectivity index (χ4n) is 7.78. The van der Waals surface area contributed by atoms with Crippen molar-refractivity contribution in [2.45, 2.75) is 64.2 Å². The molecule has 6 aromatic rings. The van der Waals surface area contributed by atoms with E-state index in [2.05, 4.69) is 139 Å². The number of rotatable bonds is 8. The van der Waals surface area contributed by atoms with Gasteiger partial charge in [-0.25, -0.2) is 9.97 Å². The molecule has 0 radical (unpaired) electrons. The number of aromatic nitrogens is 2. The largest absolute Gasteiger partial charge is 2.00 e. The van der Waals surface area contributed by atoms with Gasteiger partial charge in [0.15, 0.2) is 0 Å². The molecule has 0 spiro atoms. The monoisotopic (exact) mass is 888 g/mol. The van der Waals surface area contributed by atoms with Crippen LogP contribution in [-0.2, 0) is 44.7 Å². The van der Waals surface area contributed by atoms with E-state index in [0.717, 1.165) is 67.3 Å². The molecule has 4 aromatic carbocycles. The third-order valence-corrected chi connectivity index (χ3v) is 11.1. The van der Waals surface area contributed by atoms with Crippen LogP contribution >= 0.6 is 0 Å². The van der Waals surface area contributed by atoms with Gasteiger partial charge >= 0.3 is 21.1 Å². The fraction of sp³-hybridized carbons (Fsp3) is 0.255. The number of anilines is 4. The number of ether oxygens (including phenoxy) is 1. The molecule has 0 fully saturated rings. The molecule has 2 aliphatic rings. The van der Waals surface area contributed by atoms with E-state index in [1.807, 2.05) is 30.6 Å². The topological polar surface area (TPSA) is 45.9 Å². The van der Waals surface area contributed by atoms with Crippen molar-refractivity contribution < 1.29 is 25.8 Å². The molecule has 4 heterocycles. The van der Waals surface area contributed by atoms with Crippen molar-refractivity contribution in [2.75, 3.05) is 22.9 Å². The van der Waals surface area contributed by atoms with Crippen molar-refractivity contribution in [2.24, 2.45) is 0 Å². The van der Waals surface area contributed by atoms with E-state index in [0.29, 0.717) is 17.2 Å². The molecular formula is C47H43N5OPt. The fourth-order valence-corrected chi connectivity index (χ4v) is 7.78. The molecule has 7 heteroatoms. The molecule has 8 rings (SSSR count). The van der Waals surface area contributed by atoms with E-state index in [1.165, 1.54) is 27.8 Å². The van der Waals surface area contributed by atoms with Gasteiger partial charge in [-0.15, -0.1) is 35.4 Å². The summed E-state index contributed by atoms with van der Waals surface area (Å²) in [5.41, 5.74) is 9.10. The standard InChI is InChI=1S/C47H43N5O.Pt/c1-46(2,34-15-8-6-9-16-34)36-22-24-49-44(28-36)51-26-12-14-33-20-21-38(31-42(33)51)53-39-30-41(48-5)40-19-13-27-52(43(40)32-39)45-29-37(23-25-50-45)47(3,4)35-17-10-7-11-18-35;/h6-11,15-18,20-25,28-30H,12-14,19,26-27H2,1-4H3;/q-2;+2. The maximum Gasteiger partial charge on any atom is 2.00 e. The molecule has 6 nitrogen and oxygen atoms in total. The first-order valence-corrected chi connectivity index (χ1v) is 18.5. The van der Waals surface area contributed by atoms with Crippen LogP contribution in [0, 0.1) is 18.7 Å². The SMILES string of the molecule is [C-]#[N+]c1cc(Oc2[c-]c3c(cc2)CCCN3c2cc(C(C)(C)c3ccccc3)ccn2)[c-]c2c1CCCN2c1cc(C(C)(C)c2ccccc2)ccn1.[Pt+2]. The second-order valence-corrected chi connectivity index (χ2v) is 15.1. The van der Waals surface area contributed by atoms with Gasteiger partial charge in [-0.1, -0.05) is 113 Å². The average Bonchev–Trinajstić information content (AvgIpc) is 3.21. The van der Waals surface area contributed by atoms with Crippen LogP contribution in [0.25, 0.3) is 4.85 Å². The Morgan fingerprint density at radius 1 is 0.630 bits per heavy atom. The van der Waals surface area contributed by atoms with Gasteiger partial charge in [-0.05, 0) is 59.4 Å². The number of benzene rings is 4. The summed E-state index contributed by atoms with van der Waals surface area (Å²) in [6.45, 7) is 18.7. The maximum atomic E-state index is 8.10. The van der Waals surface area contributed by atoms with Gasteiger partial charge in [0.25, 0.3) is 0 Å². The Balaban J connectivity index is 0.00000450. The summed E-state index contributed by atoms with van der Waals surface area (Å²) in [7, 11) is 0. The Kier molecular flexibility index (Phi) is 10.5. The predicted octanol–water partition coefficient (Wildman–Crippen LogP) is 11.2.